The summed E-state index contributed by atoms with van der Waals surface area (Å²) in [5, 5.41) is 3.04. The largest absolute Gasteiger partial charge is 0.324 e. The number of hydrogen-bond acceptors (Lipinski definition) is 3. The van der Waals surface area contributed by atoms with Gasteiger partial charge in [0, 0.05) is 17.4 Å². The van der Waals surface area contributed by atoms with Crippen molar-refractivity contribution in [1.29, 1.82) is 0 Å². The van der Waals surface area contributed by atoms with Crippen LogP contribution in [0.3, 0.4) is 0 Å². The molecule has 4 N–H and O–H groups in total. The van der Waals surface area contributed by atoms with Crippen LogP contribution in [0.5, 0.6) is 0 Å². The van der Waals surface area contributed by atoms with Gasteiger partial charge in [0.15, 0.2) is 0 Å². The van der Waals surface area contributed by atoms with Crippen molar-refractivity contribution in [2.24, 2.45) is 5.84 Å². The first kappa shape index (κ1) is 25.5. The number of nitrogens with one attached hydrogen (secondary N) is 2. The van der Waals surface area contributed by atoms with Gasteiger partial charge >= 0.3 is 0 Å². The van der Waals surface area contributed by atoms with Gasteiger partial charge in [0.25, 0.3) is 5.56 Å². The lowest BCUT2D eigenvalue weighted by Gasteiger charge is -2.19. The summed E-state index contributed by atoms with van der Waals surface area (Å²) in [5.74, 6) is 5.31. The molecule has 0 atom stereocenters. The molecule has 1 aromatic heterocycles. The van der Waals surface area contributed by atoms with Gasteiger partial charge in [-0.15, -0.1) is 12.4 Å². The van der Waals surface area contributed by atoms with Crippen LogP contribution in [0.15, 0.2) is 59.4 Å². The van der Waals surface area contributed by atoms with E-state index in [1.807, 2.05) is 31.2 Å². The predicted molar refractivity (Wildman–Crippen MR) is 130 cm³/mol. The van der Waals surface area contributed by atoms with Crippen LogP contribution in [-0.4, -0.2) is 9.78 Å². The van der Waals surface area contributed by atoms with Crippen molar-refractivity contribution in [3.63, 3.8) is 0 Å². The van der Waals surface area contributed by atoms with Gasteiger partial charge in [-0.2, -0.15) is 0 Å². The average Bonchev–Trinajstić information content (AvgIpc) is 2.99. The highest BCUT2D eigenvalue weighted by Crippen LogP contribution is 2.24. The number of anilines is 1. The van der Waals surface area contributed by atoms with Gasteiger partial charge in [-0.3, -0.25) is 15.7 Å². The molecular weight excluding hydrogens is 396 g/mol. The highest BCUT2D eigenvalue weighted by atomic mass is 35.5. The number of aromatic nitrogens is 2. The quantitative estimate of drug-likeness (QED) is 0.373. The van der Waals surface area contributed by atoms with E-state index in [-0.39, 0.29) is 28.8 Å². The monoisotopic (exact) mass is 430 g/mol. The van der Waals surface area contributed by atoms with Crippen molar-refractivity contribution in [2.75, 3.05) is 5.43 Å². The van der Waals surface area contributed by atoms with E-state index in [4.69, 9.17) is 5.84 Å². The molecule has 0 amide bonds. The van der Waals surface area contributed by atoms with Crippen molar-refractivity contribution >= 4 is 18.1 Å². The van der Waals surface area contributed by atoms with Crippen LogP contribution < -0.4 is 16.8 Å². The fourth-order valence-electron chi connectivity index (χ4n) is 2.89. The summed E-state index contributed by atoms with van der Waals surface area (Å²) in [4.78, 5) is 11.7. The van der Waals surface area contributed by atoms with Gasteiger partial charge < -0.3 is 5.43 Å². The number of halogens is 1. The molecule has 0 aliphatic rings. The number of rotatable bonds is 2. The van der Waals surface area contributed by atoms with Gasteiger partial charge in [0.1, 0.15) is 0 Å². The van der Waals surface area contributed by atoms with Gasteiger partial charge in [-0.1, -0.05) is 65.8 Å². The van der Waals surface area contributed by atoms with Crippen molar-refractivity contribution in [1.82, 2.24) is 9.78 Å². The van der Waals surface area contributed by atoms with Crippen LogP contribution in [0.2, 0.25) is 0 Å². The van der Waals surface area contributed by atoms with Gasteiger partial charge in [-0.05, 0) is 53.1 Å². The first-order valence-electron chi connectivity index (χ1n) is 9.88. The summed E-state index contributed by atoms with van der Waals surface area (Å²) in [6.07, 6.45) is 0. The molecule has 0 radical (unpaired) electrons. The zero-order valence-corrected chi connectivity index (χ0v) is 19.9. The third-order valence-electron chi connectivity index (χ3n) is 4.71. The smallest absolute Gasteiger partial charge is 0.271 e. The maximum atomic E-state index is 11.7. The Morgan fingerprint density at radius 2 is 1.40 bits per heavy atom. The second-order valence-corrected chi connectivity index (χ2v) is 9.39. The number of nitrogen functional groups attached to an aromatic ring is 1. The maximum absolute atomic E-state index is 11.7. The molecule has 0 saturated heterocycles. The van der Waals surface area contributed by atoms with E-state index in [0.717, 1.165) is 17.1 Å². The zero-order valence-electron chi connectivity index (χ0n) is 19.0. The number of nitrogens with zero attached hydrogens (tertiary/aromatic N) is 1. The third kappa shape index (κ3) is 6.78. The Morgan fingerprint density at radius 3 is 1.87 bits per heavy atom. The van der Waals surface area contributed by atoms with E-state index in [1.165, 1.54) is 11.1 Å². The molecule has 1 heterocycles. The number of hydrogen-bond donors (Lipinski definition) is 3. The fourth-order valence-corrected chi connectivity index (χ4v) is 2.89. The second-order valence-electron chi connectivity index (χ2n) is 9.39. The van der Waals surface area contributed by atoms with Crippen molar-refractivity contribution in [3.8, 4) is 5.69 Å². The summed E-state index contributed by atoms with van der Waals surface area (Å²) in [5.41, 5.74) is 8.11. The van der Waals surface area contributed by atoms with Gasteiger partial charge in [0.05, 0.1) is 5.69 Å². The molecule has 2 aromatic carbocycles. The number of hydrazine groups is 1. The summed E-state index contributed by atoms with van der Waals surface area (Å²) in [7, 11) is 0. The van der Waals surface area contributed by atoms with Gasteiger partial charge in [0.2, 0.25) is 0 Å². The fraction of sp³-hybridized carbons (Fsp3) is 0.375. The second kappa shape index (κ2) is 10.0. The average molecular weight is 431 g/mol. The first-order chi connectivity index (χ1) is 13.4. The molecule has 164 valence electrons. The van der Waals surface area contributed by atoms with E-state index in [9.17, 15) is 4.79 Å². The SMILES string of the molecule is CC(C)(C)c1cccc(NN)c1.Cc1cc(=O)n(-c2cccc(C(C)(C)C)c2)[nH]1.Cl. The number of aryl methyl sites for hydroxylation is 1. The number of aromatic amines is 1. The Morgan fingerprint density at radius 1 is 0.867 bits per heavy atom. The molecule has 0 bridgehead atoms. The Hall–Kier alpha value is -2.50. The number of H-pyrrole nitrogens is 1. The number of benzene rings is 2. The standard InChI is InChI=1S/C14H18N2O.C10H16N2.ClH/c1-10-8-13(17)16(15-10)12-7-5-6-11(9-12)14(2,3)4;1-10(2,3)8-5-4-6-9(7-8)12-11;/h5-9,15H,1-4H3;4-7,12H,11H2,1-3H3;1H. The molecule has 3 aromatic rings. The molecule has 6 heteroatoms. The van der Waals surface area contributed by atoms with Gasteiger partial charge in [-0.25, -0.2) is 4.68 Å². The van der Waals surface area contributed by atoms with Crippen LogP contribution >= 0.6 is 12.4 Å². The summed E-state index contributed by atoms with van der Waals surface area (Å²) < 4.78 is 1.57. The minimum Gasteiger partial charge on any atom is -0.324 e. The Bertz CT molecular complexity index is 1010. The van der Waals surface area contributed by atoms with Crippen LogP contribution in [0.25, 0.3) is 5.69 Å². The molecule has 0 spiro atoms. The normalized spacial score (nSPS) is 11.2. The molecule has 30 heavy (non-hydrogen) atoms. The Balaban J connectivity index is 0.000000308. The van der Waals surface area contributed by atoms with Crippen LogP contribution in [0.1, 0.15) is 58.4 Å². The minimum atomic E-state index is -0.0199. The van der Waals surface area contributed by atoms with E-state index < -0.39 is 0 Å². The molecule has 0 fully saturated rings. The Labute approximate surface area is 186 Å². The summed E-state index contributed by atoms with van der Waals surface area (Å²) in [6.45, 7) is 14.9. The first-order valence-corrected chi connectivity index (χ1v) is 9.88. The lowest BCUT2D eigenvalue weighted by Crippen LogP contribution is -2.16. The van der Waals surface area contributed by atoms with E-state index >= 15 is 0 Å². The van der Waals surface area contributed by atoms with Crippen molar-refractivity contribution in [3.05, 3.63) is 81.8 Å². The molecular formula is C24H35ClN4O. The van der Waals surface area contributed by atoms with Crippen LogP contribution in [0.4, 0.5) is 5.69 Å². The Kier molecular flexibility index (Phi) is 8.52. The molecule has 0 aliphatic carbocycles. The molecule has 0 aliphatic heterocycles. The zero-order chi connectivity index (χ0) is 21.8. The van der Waals surface area contributed by atoms with Crippen molar-refractivity contribution < 1.29 is 0 Å². The van der Waals surface area contributed by atoms with E-state index in [2.05, 4.69) is 76.3 Å². The van der Waals surface area contributed by atoms with E-state index in [0.29, 0.717) is 0 Å². The molecule has 3 rings (SSSR count). The predicted octanol–water partition coefficient (Wildman–Crippen LogP) is 5.46. The minimum absolute atomic E-state index is 0. The van der Waals surface area contributed by atoms with Crippen LogP contribution in [0, 0.1) is 6.92 Å². The topological polar surface area (TPSA) is 75.8 Å². The maximum Gasteiger partial charge on any atom is 0.271 e. The highest BCUT2D eigenvalue weighted by molar-refractivity contribution is 5.85. The summed E-state index contributed by atoms with van der Waals surface area (Å²) in [6, 6.07) is 17.8. The molecule has 5 nitrogen and oxygen atoms in total. The summed E-state index contributed by atoms with van der Waals surface area (Å²) >= 11 is 0. The molecule has 0 saturated carbocycles. The van der Waals surface area contributed by atoms with Crippen LogP contribution in [-0.2, 0) is 10.8 Å². The number of nitrogens with two attached hydrogens (primary N) is 1. The lowest BCUT2D eigenvalue weighted by atomic mass is 9.87. The lowest BCUT2D eigenvalue weighted by molar-refractivity contribution is 0.589. The van der Waals surface area contributed by atoms with E-state index in [1.54, 1.807) is 10.7 Å². The molecule has 0 unspecified atom stereocenters. The van der Waals surface area contributed by atoms with Crippen molar-refractivity contribution in [2.45, 2.75) is 59.3 Å². The highest BCUT2D eigenvalue weighted by Gasteiger charge is 2.15. The third-order valence-corrected chi connectivity index (χ3v) is 4.71.